The lowest BCUT2D eigenvalue weighted by molar-refractivity contribution is 0.0368. The van der Waals surface area contributed by atoms with Crippen molar-refractivity contribution in [2.45, 2.75) is 19.4 Å². The molecule has 0 saturated carbocycles. The van der Waals surface area contributed by atoms with E-state index in [1.54, 1.807) is 39.1 Å². The van der Waals surface area contributed by atoms with E-state index in [2.05, 4.69) is 15.9 Å². The zero-order valence-electron chi connectivity index (χ0n) is 10.00. The summed E-state index contributed by atoms with van der Waals surface area (Å²) in [7, 11) is 1.64. The Balaban J connectivity index is 2.93. The molecule has 17 heavy (non-hydrogen) atoms. The van der Waals surface area contributed by atoms with Gasteiger partial charge in [-0.3, -0.25) is 4.79 Å². The summed E-state index contributed by atoms with van der Waals surface area (Å²) in [5.74, 6) is -0.210. The molecule has 0 radical (unpaired) electrons. The van der Waals surface area contributed by atoms with Crippen molar-refractivity contribution in [3.05, 3.63) is 33.3 Å². The highest BCUT2D eigenvalue weighted by molar-refractivity contribution is 9.10. The van der Waals surface area contributed by atoms with Gasteiger partial charge in [0.1, 0.15) is 0 Å². The van der Waals surface area contributed by atoms with E-state index in [1.807, 2.05) is 0 Å². The first kappa shape index (κ1) is 14.5. The number of hydrogen-bond acceptors (Lipinski definition) is 2. The largest absolute Gasteiger partial charge is 0.389 e. The number of benzene rings is 1. The number of likely N-dealkylation sites (N-methyl/N-ethyl adjacent to an activating group) is 1. The first-order valence-corrected chi connectivity index (χ1v) is 6.31. The van der Waals surface area contributed by atoms with Crippen molar-refractivity contribution < 1.29 is 9.90 Å². The monoisotopic (exact) mass is 319 g/mol. The molecule has 0 heterocycles. The molecule has 0 aromatic heterocycles. The van der Waals surface area contributed by atoms with Crippen molar-refractivity contribution in [3.63, 3.8) is 0 Å². The summed E-state index contributed by atoms with van der Waals surface area (Å²) in [4.78, 5) is 13.6. The normalized spacial score (nSPS) is 11.4. The van der Waals surface area contributed by atoms with Crippen LogP contribution in [0.5, 0.6) is 0 Å². The summed E-state index contributed by atoms with van der Waals surface area (Å²) in [6, 6.07) is 5.19. The second-order valence-electron chi connectivity index (χ2n) is 4.58. The van der Waals surface area contributed by atoms with Crippen LogP contribution in [0.4, 0.5) is 0 Å². The van der Waals surface area contributed by atoms with Crippen molar-refractivity contribution in [2.24, 2.45) is 0 Å². The maximum Gasteiger partial charge on any atom is 0.255 e. The number of carbonyl (C=O) groups is 1. The van der Waals surface area contributed by atoms with Gasteiger partial charge in [-0.15, -0.1) is 0 Å². The van der Waals surface area contributed by atoms with E-state index in [0.29, 0.717) is 15.1 Å². The Hall–Kier alpha value is -0.580. The van der Waals surface area contributed by atoms with Gasteiger partial charge in [0.2, 0.25) is 0 Å². The van der Waals surface area contributed by atoms with Crippen molar-refractivity contribution in [1.29, 1.82) is 0 Å². The highest BCUT2D eigenvalue weighted by Crippen LogP contribution is 2.26. The summed E-state index contributed by atoms with van der Waals surface area (Å²) in [5, 5.41) is 10.1. The smallest absolute Gasteiger partial charge is 0.255 e. The van der Waals surface area contributed by atoms with Crippen molar-refractivity contribution in [1.82, 2.24) is 4.90 Å². The number of nitrogens with zero attached hydrogens (tertiary/aromatic N) is 1. The third-order valence-corrected chi connectivity index (χ3v) is 3.45. The first-order chi connectivity index (χ1) is 7.72. The van der Waals surface area contributed by atoms with Crippen LogP contribution in [0, 0.1) is 0 Å². The molecule has 0 saturated heterocycles. The lowest BCUT2D eigenvalue weighted by atomic mass is 10.1. The van der Waals surface area contributed by atoms with Gasteiger partial charge in [0.05, 0.1) is 16.2 Å². The number of amides is 1. The van der Waals surface area contributed by atoms with E-state index in [1.165, 1.54) is 4.90 Å². The predicted octanol–water partition coefficient (Wildman–Crippen LogP) is 2.95. The fourth-order valence-corrected chi connectivity index (χ4v) is 2.10. The van der Waals surface area contributed by atoms with Gasteiger partial charge in [-0.25, -0.2) is 0 Å². The molecular formula is C12H15BrClNO2. The fraction of sp³-hybridized carbons (Fsp3) is 0.417. The summed E-state index contributed by atoms with van der Waals surface area (Å²) < 4.78 is 0.682. The average Bonchev–Trinajstić information content (AvgIpc) is 2.18. The molecule has 1 aromatic rings. The highest BCUT2D eigenvalue weighted by Gasteiger charge is 2.22. The number of halogens is 2. The fourth-order valence-electron chi connectivity index (χ4n) is 1.53. The number of aliphatic hydroxyl groups is 1. The van der Waals surface area contributed by atoms with Crippen LogP contribution >= 0.6 is 27.5 Å². The zero-order valence-corrected chi connectivity index (χ0v) is 12.3. The quantitative estimate of drug-likeness (QED) is 0.930. The van der Waals surface area contributed by atoms with E-state index in [-0.39, 0.29) is 12.5 Å². The van der Waals surface area contributed by atoms with Crippen LogP contribution in [0.3, 0.4) is 0 Å². The molecule has 0 aliphatic carbocycles. The van der Waals surface area contributed by atoms with E-state index < -0.39 is 5.60 Å². The van der Waals surface area contributed by atoms with Gasteiger partial charge in [-0.05, 0) is 41.9 Å². The highest BCUT2D eigenvalue weighted by atomic mass is 79.9. The molecule has 94 valence electrons. The molecule has 1 N–H and O–H groups in total. The Labute approximate surface area is 115 Å². The maximum atomic E-state index is 12.1. The lowest BCUT2D eigenvalue weighted by Gasteiger charge is -2.26. The van der Waals surface area contributed by atoms with E-state index in [0.717, 1.165) is 0 Å². The summed E-state index contributed by atoms with van der Waals surface area (Å²) in [6.07, 6.45) is 0. The summed E-state index contributed by atoms with van der Waals surface area (Å²) >= 11 is 9.32. The summed E-state index contributed by atoms with van der Waals surface area (Å²) in [5.41, 5.74) is -0.504. The molecule has 0 unspecified atom stereocenters. The molecule has 1 rings (SSSR count). The van der Waals surface area contributed by atoms with Crippen molar-refractivity contribution in [3.8, 4) is 0 Å². The molecule has 0 spiro atoms. The van der Waals surface area contributed by atoms with Gasteiger partial charge < -0.3 is 10.0 Å². The molecule has 1 amide bonds. The Morgan fingerprint density at radius 3 is 2.65 bits per heavy atom. The van der Waals surface area contributed by atoms with Crippen LogP contribution in [0.15, 0.2) is 22.7 Å². The van der Waals surface area contributed by atoms with Crippen LogP contribution in [0.1, 0.15) is 24.2 Å². The van der Waals surface area contributed by atoms with Gasteiger partial charge in [-0.2, -0.15) is 0 Å². The number of carbonyl (C=O) groups excluding carboxylic acids is 1. The SMILES string of the molecule is CN(CC(C)(C)O)C(=O)c1cccc(Br)c1Cl. The molecular weight excluding hydrogens is 305 g/mol. The van der Waals surface area contributed by atoms with Crippen molar-refractivity contribution in [2.75, 3.05) is 13.6 Å². The molecule has 0 aliphatic rings. The van der Waals surface area contributed by atoms with E-state index in [9.17, 15) is 9.90 Å². The van der Waals surface area contributed by atoms with Gasteiger partial charge in [0.25, 0.3) is 5.91 Å². The molecule has 0 bridgehead atoms. The Morgan fingerprint density at radius 2 is 2.12 bits per heavy atom. The van der Waals surface area contributed by atoms with Crippen LogP contribution in [-0.4, -0.2) is 35.1 Å². The second kappa shape index (κ2) is 5.38. The minimum absolute atomic E-state index is 0.210. The van der Waals surface area contributed by atoms with Gasteiger partial charge in [-0.1, -0.05) is 17.7 Å². The molecule has 0 atom stereocenters. The minimum atomic E-state index is -0.928. The average molecular weight is 321 g/mol. The third-order valence-electron chi connectivity index (χ3n) is 2.15. The topological polar surface area (TPSA) is 40.5 Å². The molecule has 3 nitrogen and oxygen atoms in total. The van der Waals surface area contributed by atoms with Crippen LogP contribution in [-0.2, 0) is 0 Å². The number of hydrogen-bond donors (Lipinski definition) is 1. The van der Waals surface area contributed by atoms with E-state index in [4.69, 9.17) is 11.6 Å². The Morgan fingerprint density at radius 1 is 1.53 bits per heavy atom. The zero-order chi connectivity index (χ0) is 13.2. The van der Waals surface area contributed by atoms with Crippen molar-refractivity contribution >= 4 is 33.4 Å². The van der Waals surface area contributed by atoms with E-state index >= 15 is 0 Å². The predicted molar refractivity (Wildman–Crippen MR) is 72.4 cm³/mol. The lowest BCUT2D eigenvalue weighted by Crippen LogP contribution is -2.39. The molecule has 0 aliphatic heterocycles. The molecule has 1 aromatic carbocycles. The van der Waals surface area contributed by atoms with Gasteiger partial charge >= 0.3 is 0 Å². The van der Waals surface area contributed by atoms with Gasteiger partial charge in [0.15, 0.2) is 0 Å². The Kier molecular flexibility index (Phi) is 4.58. The molecule has 5 heteroatoms. The first-order valence-electron chi connectivity index (χ1n) is 5.14. The van der Waals surface area contributed by atoms with Crippen LogP contribution < -0.4 is 0 Å². The standard InChI is InChI=1S/C12H15BrClNO2/c1-12(2,17)7-15(3)11(16)8-5-4-6-9(13)10(8)14/h4-6,17H,7H2,1-3H3. The van der Waals surface area contributed by atoms with Crippen LogP contribution in [0.25, 0.3) is 0 Å². The maximum absolute atomic E-state index is 12.1. The van der Waals surface area contributed by atoms with Gasteiger partial charge in [0, 0.05) is 18.1 Å². The second-order valence-corrected chi connectivity index (χ2v) is 5.81. The third kappa shape index (κ3) is 3.98. The summed E-state index contributed by atoms with van der Waals surface area (Å²) in [6.45, 7) is 3.55. The van der Waals surface area contributed by atoms with Crippen LogP contribution in [0.2, 0.25) is 5.02 Å². The number of rotatable bonds is 3. The Bertz CT molecular complexity index is 429. The minimum Gasteiger partial charge on any atom is -0.389 e. The molecule has 0 fully saturated rings.